The second-order valence-electron chi connectivity index (χ2n) is 7.15. The number of anilines is 2. The number of nitrogens with two attached hydrogens (primary N) is 1. The number of nitrogens with one attached hydrogen (secondary N) is 1. The monoisotopic (exact) mass is 437 g/mol. The Hall–Kier alpha value is -3.65. The summed E-state index contributed by atoms with van der Waals surface area (Å²) in [5.74, 6) is -1.09. The molecule has 31 heavy (non-hydrogen) atoms. The number of benzene rings is 3. The first kappa shape index (κ1) is 22.0. The van der Waals surface area contributed by atoms with Gasteiger partial charge in [0.2, 0.25) is 0 Å². The third-order valence-electron chi connectivity index (χ3n) is 4.92. The fraction of sp³-hybridized carbons (Fsp3) is 0.130. The number of nitrogens with zero attached hydrogens (tertiary/aromatic N) is 1. The third-order valence-corrected chi connectivity index (χ3v) is 6.70. The van der Waals surface area contributed by atoms with E-state index in [4.69, 9.17) is 5.73 Å². The zero-order chi connectivity index (χ0) is 22.8. The minimum atomic E-state index is -3.75. The van der Waals surface area contributed by atoms with Crippen LogP contribution in [0.1, 0.15) is 31.8 Å². The van der Waals surface area contributed by atoms with Crippen molar-refractivity contribution in [2.45, 2.75) is 18.7 Å². The van der Waals surface area contributed by atoms with Crippen molar-refractivity contribution in [3.05, 3.63) is 89.0 Å². The molecule has 0 aliphatic heterocycles. The first-order valence-electron chi connectivity index (χ1n) is 9.47. The molecule has 160 valence electrons. The minimum Gasteiger partial charge on any atom is -0.366 e. The topological polar surface area (TPSA) is 110 Å². The lowest BCUT2D eigenvalue weighted by atomic mass is 10.1. The second kappa shape index (κ2) is 8.61. The van der Waals surface area contributed by atoms with Gasteiger partial charge in [0.25, 0.3) is 21.8 Å². The lowest BCUT2D eigenvalue weighted by molar-refractivity contribution is 0.100. The largest absolute Gasteiger partial charge is 0.366 e. The summed E-state index contributed by atoms with van der Waals surface area (Å²) in [7, 11) is -2.27. The third kappa shape index (κ3) is 4.59. The Morgan fingerprint density at radius 2 is 1.58 bits per heavy atom. The number of sulfonamides is 1. The molecule has 8 heteroatoms. The van der Waals surface area contributed by atoms with E-state index in [0.717, 1.165) is 5.56 Å². The molecule has 0 saturated heterocycles. The molecule has 2 amide bonds. The molecule has 0 heterocycles. The molecular weight excluding hydrogens is 414 g/mol. The van der Waals surface area contributed by atoms with Gasteiger partial charge in [0.05, 0.1) is 21.8 Å². The van der Waals surface area contributed by atoms with Crippen LogP contribution in [-0.2, 0) is 10.0 Å². The van der Waals surface area contributed by atoms with Gasteiger partial charge in [0.15, 0.2) is 0 Å². The highest BCUT2D eigenvalue weighted by Crippen LogP contribution is 2.27. The number of hydrogen-bond acceptors (Lipinski definition) is 4. The highest BCUT2D eigenvalue weighted by molar-refractivity contribution is 7.92. The summed E-state index contributed by atoms with van der Waals surface area (Å²) in [6.45, 7) is 3.61. The van der Waals surface area contributed by atoms with E-state index in [2.05, 4.69) is 5.32 Å². The Morgan fingerprint density at radius 1 is 0.935 bits per heavy atom. The fourth-order valence-corrected chi connectivity index (χ4v) is 4.41. The Labute approximate surface area is 181 Å². The van der Waals surface area contributed by atoms with E-state index in [-0.39, 0.29) is 10.5 Å². The maximum atomic E-state index is 13.0. The van der Waals surface area contributed by atoms with Crippen LogP contribution >= 0.6 is 0 Å². The van der Waals surface area contributed by atoms with Gasteiger partial charge in [0.1, 0.15) is 0 Å². The van der Waals surface area contributed by atoms with Crippen LogP contribution in [0.2, 0.25) is 0 Å². The molecule has 3 aromatic rings. The number of hydrogen-bond donors (Lipinski definition) is 2. The van der Waals surface area contributed by atoms with Crippen LogP contribution in [0, 0.1) is 13.8 Å². The molecule has 0 fully saturated rings. The first-order chi connectivity index (χ1) is 14.6. The minimum absolute atomic E-state index is 0.185. The average Bonchev–Trinajstić information content (AvgIpc) is 2.73. The standard InChI is InChI=1S/C23H23N3O4S/c1-15-8-11-18(12-9-15)31(29,30)26(3)21-13-10-17(14-16(21)2)23(28)25-20-7-5-4-6-19(20)22(24)27/h4-14H,1-3H3,(H2,24,27)(H,25,28). The van der Waals surface area contributed by atoms with Gasteiger partial charge in [-0.25, -0.2) is 8.42 Å². The van der Waals surface area contributed by atoms with E-state index in [9.17, 15) is 18.0 Å². The molecule has 0 aromatic heterocycles. The van der Waals surface area contributed by atoms with E-state index >= 15 is 0 Å². The van der Waals surface area contributed by atoms with Gasteiger partial charge in [-0.3, -0.25) is 13.9 Å². The smallest absolute Gasteiger partial charge is 0.264 e. The summed E-state index contributed by atoms with van der Waals surface area (Å²) in [4.78, 5) is 24.4. The number of para-hydroxylation sites is 1. The summed E-state index contributed by atoms with van der Waals surface area (Å²) in [5, 5.41) is 2.67. The first-order valence-corrected chi connectivity index (χ1v) is 10.9. The van der Waals surface area contributed by atoms with Gasteiger partial charge in [-0.05, 0) is 61.9 Å². The maximum Gasteiger partial charge on any atom is 0.264 e. The molecule has 0 bridgehead atoms. The van der Waals surface area contributed by atoms with Crippen molar-refractivity contribution in [2.75, 3.05) is 16.7 Å². The zero-order valence-corrected chi connectivity index (χ0v) is 18.2. The summed E-state index contributed by atoms with van der Waals surface area (Å²) in [6.07, 6.45) is 0. The quantitative estimate of drug-likeness (QED) is 0.615. The summed E-state index contributed by atoms with van der Waals surface area (Å²) in [5.41, 5.74) is 8.20. The summed E-state index contributed by atoms with van der Waals surface area (Å²) < 4.78 is 27.1. The number of carbonyl (C=O) groups is 2. The fourth-order valence-electron chi connectivity index (χ4n) is 3.15. The molecule has 3 aromatic carbocycles. The molecule has 0 saturated carbocycles. The van der Waals surface area contributed by atoms with Gasteiger partial charge < -0.3 is 11.1 Å². The van der Waals surface area contributed by atoms with E-state index in [1.807, 2.05) is 6.92 Å². The van der Waals surface area contributed by atoms with Crippen molar-refractivity contribution >= 4 is 33.2 Å². The van der Waals surface area contributed by atoms with Crippen molar-refractivity contribution in [2.24, 2.45) is 5.73 Å². The number of rotatable bonds is 6. The maximum absolute atomic E-state index is 13.0. The van der Waals surface area contributed by atoms with Crippen LogP contribution in [0.15, 0.2) is 71.6 Å². The molecule has 3 rings (SSSR count). The number of amides is 2. The Morgan fingerprint density at radius 3 is 2.19 bits per heavy atom. The Kier molecular flexibility index (Phi) is 6.12. The van der Waals surface area contributed by atoms with Crippen molar-refractivity contribution in [1.82, 2.24) is 0 Å². The van der Waals surface area contributed by atoms with Crippen molar-refractivity contribution in [1.29, 1.82) is 0 Å². The lowest BCUT2D eigenvalue weighted by Crippen LogP contribution is -2.27. The van der Waals surface area contributed by atoms with Crippen molar-refractivity contribution in [3.63, 3.8) is 0 Å². The number of carbonyl (C=O) groups excluding carboxylic acids is 2. The van der Waals surface area contributed by atoms with Gasteiger partial charge in [0, 0.05) is 12.6 Å². The molecule has 0 radical (unpaired) electrons. The SMILES string of the molecule is Cc1ccc(S(=O)(=O)N(C)c2ccc(C(=O)Nc3ccccc3C(N)=O)cc2C)cc1. The van der Waals surface area contributed by atoms with Gasteiger partial charge >= 0.3 is 0 Å². The molecule has 0 aliphatic rings. The van der Waals surface area contributed by atoms with Gasteiger partial charge in [-0.2, -0.15) is 0 Å². The van der Waals surface area contributed by atoms with Gasteiger partial charge in [-0.15, -0.1) is 0 Å². The molecule has 0 aliphatic carbocycles. The van der Waals surface area contributed by atoms with Gasteiger partial charge in [-0.1, -0.05) is 29.8 Å². The Bertz CT molecular complexity index is 1250. The van der Waals surface area contributed by atoms with E-state index in [0.29, 0.717) is 22.5 Å². The lowest BCUT2D eigenvalue weighted by Gasteiger charge is -2.22. The highest BCUT2D eigenvalue weighted by Gasteiger charge is 2.23. The van der Waals surface area contributed by atoms with Crippen LogP contribution in [-0.4, -0.2) is 27.3 Å². The van der Waals surface area contributed by atoms with E-state index in [1.54, 1.807) is 61.5 Å². The average molecular weight is 438 g/mol. The summed E-state index contributed by atoms with van der Waals surface area (Å²) in [6, 6.07) is 17.8. The molecule has 7 nitrogen and oxygen atoms in total. The molecular formula is C23H23N3O4S. The number of aryl methyl sites for hydroxylation is 2. The van der Waals surface area contributed by atoms with Crippen LogP contribution in [0.4, 0.5) is 11.4 Å². The predicted molar refractivity (Wildman–Crippen MR) is 121 cm³/mol. The molecule has 0 atom stereocenters. The highest BCUT2D eigenvalue weighted by atomic mass is 32.2. The number of primary amides is 1. The van der Waals surface area contributed by atoms with Crippen molar-refractivity contribution < 1.29 is 18.0 Å². The van der Waals surface area contributed by atoms with Crippen LogP contribution in [0.25, 0.3) is 0 Å². The molecule has 0 spiro atoms. The van der Waals surface area contributed by atoms with E-state index < -0.39 is 21.8 Å². The predicted octanol–water partition coefficient (Wildman–Crippen LogP) is 3.48. The van der Waals surface area contributed by atoms with E-state index in [1.165, 1.54) is 23.5 Å². The zero-order valence-electron chi connectivity index (χ0n) is 17.4. The van der Waals surface area contributed by atoms with Crippen molar-refractivity contribution in [3.8, 4) is 0 Å². The van der Waals surface area contributed by atoms with Crippen LogP contribution in [0.3, 0.4) is 0 Å². The normalized spacial score (nSPS) is 11.1. The molecule has 3 N–H and O–H groups in total. The van der Waals surface area contributed by atoms with Crippen LogP contribution in [0.5, 0.6) is 0 Å². The Balaban J connectivity index is 1.87. The second-order valence-corrected chi connectivity index (χ2v) is 9.12. The summed E-state index contributed by atoms with van der Waals surface area (Å²) >= 11 is 0. The molecule has 0 unspecified atom stereocenters. The van der Waals surface area contributed by atoms with Crippen LogP contribution < -0.4 is 15.4 Å².